The molecule has 1 saturated heterocycles. The highest BCUT2D eigenvalue weighted by atomic mass is 16.6. The van der Waals surface area contributed by atoms with E-state index in [0.717, 1.165) is 18.0 Å². The van der Waals surface area contributed by atoms with Gasteiger partial charge >= 0.3 is 5.97 Å². The molecule has 0 spiro atoms. The molecule has 0 amide bonds. The van der Waals surface area contributed by atoms with Gasteiger partial charge in [-0.3, -0.25) is 0 Å². The lowest BCUT2D eigenvalue weighted by Gasteiger charge is -2.39. The highest BCUT2D eigenvalue weighted by Gasteiger charge is 2.45. The fraction of sp³-hybridized carbons (Fsp3) is 0.700. The van der Waals surface area contributed by atoms with E-state index in [1.165, 1.54) is 0 Å². The molecular formula is C10H15N3O7. The molecule has 0 aliphatic carbocycles. The molecule has 1 aromatic heterocycles. The molecule has 1 aliphatic rings. The van der Waals surface area contributed by atoms with E-state index in [4.69, 9.17) is 9.84 Å². The molecule has 112 valence electrons. The number of aromatic nitrogens is 3. The van der Waals surface area contributed by atoms with Gasteiger partial charge in [-0.15, -0.1) is 5.10 Å². The van der Waals surface area contributed by atoms with Crippen LogP contribution in [0.15, 0.2) is 6.20 Å². The van der Waals surface area contributed by atoms with Crippen molar-refractivity contribution >= 4 is 5.97 Å². The van der Waals surface area contributed by atoms with Crippen molar-refractivity contribution in [2.45, 2.75) is 30.6 Å². The third-order valence-electron chi connectivity index (χ3n) is 3.08. The minimum absolute atomic E-state index is 0.100. The Morgan fingerprint density at radius 2 is 2.10 bits per heavy atom. The van der Waals surface area contributed by atoms with Crippen LogP contribution in [0.2, 0.25) is 0 Å². The molecule has 0 saturated carbocycles. The summed E-state index contributed by atoms with van der Waals surface area (Å²) in [5.74, 6) is -0.757. The zero-order valence-corrected chi connectivity index (χ0v) is 10.5. The predicted octanol–water partition coefficient (Wildman–Crippen LogP) is -2.96. The zero-order valence-electron chi connectivity index (χ0n) is 10.5. The number of carbonyl (C=O) groups excluding carboxylic acids is 1. The summed E-state index contributed by atoms with van der Waals surface area (Å²) in [6.45, 7) is -0.580. The number of carbonyl (C=O) groups is 1. The van der Waals surface area contributed by atoms with Gasteiger partial charge in [0.1, 0.15) is 24.4 Å². The monoisotopic (exact) mass is 289 g/mol. The summed E-state index contributed by atoms with van der Waals surface area (Å²) in [6.07, 6.45) is -5.90. The van der Waals surface area contributed by atoms with Crippen LogP contribution in [0.3, 0.4) is 0 Å². The van der Waals surface area contributed by atoms with Crippen LogP contribution in [0.1, 0.15) is 16.7 Å². The lowest BCUT2D eigenvalue weighted by molar-refractivity contribution is -0.254. The van der Waals surface area contributed by atoms with Crippen LogP contribution < -0.4 is 0 Å². The van der Waals surface area contributed by atoms with Gasteiger partial charge in [0.05, 0.1) is 19.9 Å². The van der Waals surface area contributed by atoms with Crippen molar-refractivity contribution in [1.82, 2.24) is 15.0 Å². The smallest absolute Gasteiger partial charge is 0.358 e. The number of methoxy groups -OCH3 is 1. The third-order valence-corrected chi connectivity index (χ3v) is 3.08. The molecular weight excluding hydrogens is 274 g/mol. The largest absolute Gasteiger partial charge is 0.464 e. The molecule has 0 radical (unpaired) electrons. The number of ether oxygens (including phenoxy) is 2. The van der Waals surface area contributed by atoms with E-state index in [9.17, 15) is 20.1 Å². The van der Waals surface area contributed by atoms with Crippen molar-refractivity contribution in [2.75, 3.05) is 13.7 Å². The topological polar surface area (TPSA) is 147 Å². The number of rotatable bonds is 3. The number of aliphatic hydroxyl groups excluding tert-OH is 4. The van der Waals surface area contributed by atoms with E-state index in [-0.39, 0.29) is 5.69 Å². The number of hydrogen-bond donors (Lipinski definition) is 4. The quantitative estimate of drug-likeness (QED) is 0.428. The van der Waals surface area contributed by atoms with Gasteiger partial charge in [0.15, 0.2) is 11.9 Å². The molecule has 0 aromatic carbocycles. The number of nitrogens with zero attached hydrogens (tertiary/aromatic N) is 3. The van der Waals surface area contributed by atoms with Crippen LogP contribution in [0.4, 0.5) is 0 Å². The summed E-state index contributed by atoms with van der Waals surface area (Å²) < 4.78 is 10.7. The van der Waals surface area contributed by atoms with Gasteiger partial charge in [-0.1, -0.05) is 5.21 Å². The van der Waals surface area contributed by atoms with E-state index in [1.54, 1.807) is 0 Å². The van der Waals surface area contributed by atoms with Crippen molar-refractivity contribution in [2.24, 2.45) is 0 Å². The van der Waals surface area contributed by atoms with Gasteiger partial charge in [-0.25, -0.2) is 9.48 Å². The van der Waals surface area contributed by atoms with Crippen LogP contribution in [0, 0.1) is 0 Å². The maximum absolute atomic E-state index is 11.5. The molecule has 5 atom stereocenters. The van der Waals surface area contributed by atoms with Gasteiger partial charge in [0.25, 0.3) is 0 Å². The number of hydrogen-bond acceptors (Lipinski definition) is 9. The molecule has 2 rings (SSSR count). The maximum Gasteiger partial charge on any atom is 0.358 e. The summed E-state index contributed by atoms with van der Waals surface area (Å²) in [6, 6.07) is 0. The third kappa shape index (κ3) is 2.39. The van der Waals surface area contributed by atoms with Crippen molar-refractivity contribution in [1.29, 1.82) is 0 Å². The summed E-state index contributed by atoms with van der Waals surface area (Å²) in [5, 5.41) is 45.5. The Kier molecular flexibility index (Phi) is 4.30. The molecule has 10 heteroatoms. The summed E-state index contributed by atoms with van der Waals surface area (Å²) in [7, 11) is 1.16. The van der Waals surface area contributed by atoms with Gasteiger partial charge in [-0.05, 0) is 0 Å². The minimum Gasteiger partial charge on any atom is -0.464 e. The van der Waals surface area contributed by atoms with Crippen LogP contribution in [0.25, 0.3) is 0 Å². The summed E-state index contributed by atoms with van der Waals surface area (Å²) in [5.41, 5.74) is -0.100. The Morgan fingerprint density at radius 1 is 1.40 bits per heavy atom. The van der Waals surface area contributed by atoms with Crippen LogP contribution in [-0.2, 0) is 9.47 Å². The first-order valence-electron chi connectivity index (χ1n) is 5.80. The molecule has 10 nitrogen and oxygen atoms in total. The summed E-state index contributed by atoms with van der Waals surface area (Å²) >= 11 is 0. The molecule has 1 aliphatic heterocycles. The Hall–Kier alpha value is -1.59. The van der Waals surface area contributed by atoms with E-state index in [0.29, 0.717) is 0 Å². The van der Waals surface area contributed by atoms with Gasteiger partial charge in [-0.2, -0.15) is 0 Å². The lowest BCUT2D eigenvalue weighted by Crippen LogP contribution is -2.56. The second kappa shape index (κ2) is 5.81. The maximum atomic E-state index is 11.5. The van der Waals surface area contributed by atoms with Gasteiger partial charge in [0, 0.05) is 0 Å². The first-order chi connectivity index (χ1) is 9.51. The Balaban J connectivity index is 2.32. The van der Waals surface area contributed by atoms with E-state index in [1.807, 2.05) is 0 Å². The van der Waals surface area contributed by atoms with E-state index >= 15 is 0 Å². The van der Waals surface area contributed by atoms with Crippen molar-refractivity contribution in [3.63, 3.8) is 0 Å². The predicted molar refractivity (Wildman–Crippen MR) is 60.4 cm³/mol. The first-order valence-corrected chi connectivity index (χ1v) is 5.80. The van der Waals surface area contributed by atoms with E-state index < -0.39 is 43.2 Å². The molecule has 2 heterocycles. The Morgan fingerprint density at radius 3 is 2.70 bits per heavy atom. The van der Waals surface area contributed by atoms with E-state index in [2.05, 4.69) is 15.0 Å². The zero-order chi connectivity index (χ0) is 14.9. The Labute approximate surface area is 113 Å². The van der Waals surface area contributed by atoms with Gasteiger partial charge in [0.2, 0.25) is 0 Å². The van der Waals surface area contributed by atoms with Gasteiger partial charge < -0.3 is 29.9 Å². The first kappa shape index (κ1) is 14.8. The fourth-order valence-corrected chi connectivity index (χ4v) is 1.97. The molecule has 0 unspecified atom stereocenters. The van der Waals surface area contributed by atoms with Crippen molar-refractivity contribution < 1.29 is 34.7 Å². The molecule has 0 bridgehead atoms. The second-order valence-electron chi connectivity index (χ2n) is 4.27. The highest BCUT2D eigenvalue weighted by molar-refractivity contribution is 5.86. The van der Waals surface area contributed by atoms with Crippen molar-refractivity contribution in [3.8, 4) is 0 Å². The minimum atomic E-state index is -1.57. The van der Waals surface area contributed by atoms with Crippen LogP contribution in [-0.4, -0.2) is 79.5 Å². The second-order valence-corrected chi connectivity index (χ2v) is 4.27. The van der Waals surface area contributed by atoms with Crippen LogP contribution in [0.5, 0.6) is 0 Å². The Bertz CT molecular complexity index is 477. The molecule has 1 aromatic rings. The molecule has 20 heavy (non-hydrogen) atoms. The summed E-state index contributed by atoms with van der Waals surface area (Å²) in [4.78, 5) is 11.5. The van der Waals surface area contributed by atoms with Crippen LogP contribution >= 0.6 is 0 Å². The number of esters is 1. The standard InChI is InChI=1S/C10H15N3O7/c1-19-10(18)4-2-11-12-13(4)9-8(17)7(16)6(15)5(3-14)20-9/h2,5-9,14-17H,3H2,1H3/t5-,6-,7+,8+,9+/m1/s1. The normalized spacial score (nSPS) is 34.0. The fourth-order valence-electron chi connectivity index (χ4n) is 1.97. The number of aliphatic hydroxyl groups is 4. The lowest BCUT2D eigenvalue weighted by atomic mass is 9.98. The SMILES string of the molecule is COC(=O)c1cnnn1[C@H]1O[C@H](CO)[C@@H](O)[C@H](O)[C@@H]1O. The molecule has 1 fully saturated rings. The average molecular weight is 289 g/mol. The highest BCUT2D eigenvalue weighted by Crippen LogP contribution is 2.28. The molecule has 4 N–H and O–H groups in total. The average Bonchev–Trinajstić information content (AvgIpc) is 2.93. The van der Waals surface area contributed by atoms with Crippen molar-refractivity contribution in [3.05, 3.63) is 11.9 Å².